The first kappa shape index (κ1) is 15.6. The maximum Gasteiger partial charge on any atom is 0.407 e. The number of alkyl carbamates (subject to hydrolysis) is 2. The smallest absolute Gasteiger partial charge is 0.407 e. The largest absolute Gasteiger partial charge is 0.440 e. The molecule has 20 heavy (non-hydrogen) atoms. The van der Waals surface area contributed by atoms with E-state index in [-0.39, 0.29) is 12.1 Å². The van der Waals surface area contributed by atoms with E-state index in [9.17, 15) is 9.59 Å². The molecule has 4 atom stereocenters. The molecule has 0 spiro atoms. The average molecular weight is 320 g/mol. The van der Waals surface area contributed by atoms with Gasteiger partial charge in [0.2, 0.25) is 0 Å². The van der Waals surface area contributed by atoms with Crippen molar-refractivity contribution >= 4 is 35.7 Å². The zero-order chi connectivity index (χ0) is 14.5. The SMILES string of the molecule is CSCC[C@@H]1NC(=O)O[C@H]1[C@@H]1OC(=O)N[C@H]1CCSC. The van der Waals surface area contributed by atoms with Crippen molar-refractivity contribution in [1.29, 1.82) is 0 Å². The average Bonchev–Trinajstić information content (AvgIpc) is 2.96. The zero-order valence-corrected chi connectivity index (χ0v) is 13.2. The molecule has 0 bridgehead atoms. The molecule has 6 nitrogen and oxygen atoms in total. The van der Waals surface area contributed by atoms with E-state index in [2.05, 4.69) is 10.6 Å². The Hall–Kier alpha value is -0.760. The van der Waals surface area contributed by atoms with Crippen LogP contribution in [0.25, 0.3) is 0 Å². The Bertz CT molecular complexity index is 335. The topological polar surface area (TPSA) is 76.7 Å². The van der Waals surface area contributed by atoms with Crippen molar-refractivity contribution in [3.63, 3.8) is 0 Å². The van der Waals surface area contributed by atoms with Gasteiger partial charge in [-0.3, -0.25) is 0 Å². The number of amides is 2. The normalized spacial score (nSPS) is 32.5. The molecule has 2 heterocycles. The molecular weight excluding hydrogens is 300 g/mol. The van der Waals surface area contributed by atoms with Crippen molar-refractivity contribution in [3.05, 3.63) is 0 Å². The molecular formula is C12H20N2O4S2. The zero-order valence-electron chi connectivity index (χ0n) is 11.6. The summed E-state index contributed by atoms with van der Waals surface area (Å²) in [7, 11) is 0. The molecule has 2 amide bonds. The number of nitrogens with one attached hydrogen (secondary N) is 2. The molecule has 2 aliphatic heterocycles. The molecule has 0 radical (unpaired) electrons. The summed E-state index contributed by atoms with van der Waals surface area (Å²) in [6.45, 7) is 0. The third-order valence-corrected chi connectivity index (χ3v) is 4.76. The first-order valence-corrected chi connectivity index (χ1v) is 9.36. The summed E-state index contributed by atoms with van der Waals surface area (Å²) in [4.78, 5) is 23.0. The minimum Gasteiger partial charge on any atom is -0.440 e. The van der Waals surface area contributed by atoms with Crippen LogP contribution in [0.2, 0.25) is 0 Å². The van der Waals surface area contributed by atoms with Gasteiger partial charge in [0.1, 0.15) is 0 Å². The summed E-state index contributed by atoms with van der Waals surface area (Å²) in [6, 6.07) is -0.186. The first-order chi connectivity index (χ1) is 9.65. The molecule has 0 aromatic heterocycles. The monoisotopic (exact) mass is 320 g/mol. The number of hydrogen-bond acceptors (Lipinski definition) is 6. The molecule has 2 fully saturated rings. The van der Waals surface area contributed by atoms with Crippen molar-refractivity contribution in [1.82, 2.24) is 10.6 Å². The fourth-order valence-electron chi connectivity index (χ4n) is 2.50. The maximum absolute atomic E-state index is 11.5. The van der Waals surface area contributed by atoms with Crippen LogP contribution in [0.5, 0.6) is 0 Å². The third kappa shape index (κ3) is 3.66. The van der Waals surface area contributed by atoms with Crippen LogP contribution < -0.4 is 10.6 Å². The summed E-state index contributed by atoms with van der Waals surface area (Å²) in [5, 5.41) is 5.62. The minimum absolute atomic E-state index is 0.0931. The summed E-state index contributed by atoms with van der Waals surface area (Å²) in [6.07, 6.45) is 4.00. The fraction of sp³-hybridized carbons (Fsp3) is 0.833. The van der Waals surface area contributed by atoms with Gasteiger partial charge in [-0.2, -0.15) is 23.5 Å². The Morgan fingerprint density at radius 3 is 1.65 bits per heavy atom. The van der Waals surface area contributed by atoms with E-state index in [1.54, 1.807) is 23.5 Å². The fourth-order valence-corrected chi connectivity index (χ4v) is 3.48. The van der Waals surface area contributed by atoms with E-state index in [1.165, 1.54) is 0 Å². The van der Waals surface area contributed by atoms with Crippen molar-refractivity contribution in [2.24, 2.45) is 0 Å². The predicted molar refractivity (Wildman–Crippen MR) is 80.4 cm³/mol. The molecule has 0 aromatic carbocycles. The lowest BCUT2D eigenvalue weighted by molar-refractivity contribution is 0.0177. The van der Waals surface area contributed by atoms with Gasteiger partial charge in [-0.05, 0) is 36.9 Å². The molecule has 2 rings (SSSR count). The molecule has 2 aliphatic rings. The summed E-state index contributed by atoms with van der Waals surface area (Å²) in [5.41, 5.74) is 0. The van der Waals surface area contributed by atoms with Crippen molar-refractivity contribution in [2.45, 2.75) is 37.1 Å². The number of carbonyl (C=O) groups excluding carboxylic acids is 2. The number of ether oxygens (including phenoxy) is 2. The van der Waals surface area contributed by atoms with Gasteiger partial charge in [-0.25, -0.2) is 9.59 Å². The number of hydrogen-bond donors (Lipinski definition) is 2. The summed E-state index contributed by atoms with van der Waals surface area (Å²) in [5.74, 6) is 1.85. The van der Waals surface area contributed by atoms with Gasteiger partial charge in [0.25, 0.3) is 0 Å². The van der Waals surface area contributed by atoms with Crippen molar-refractivity contribution in [3.8, 4) is 0 Å². The highest BCUT2D eigenvalue weighted by molar-refractivity contribution is 7.98. The van der Waals surface area contributed by atoms with Crippen LogP contribution in [0, 0.1) is 0 Å². The van der Waals surface area contributed by atoms with Crippen molar-refractivity contribution < 1.29 is 19.1 Å². The van der Waals surface area contributed by atoms with Gasteiger partial charge in [-0.1, -0.05) is 0 Å². The standard InChI is InChI=1S/C12H20N2O4S2/c1-19-5-3-7-9(17-11(15)13-7)10-8(4-6-20-2)14-12(16)18-10/h7-10H,3-6H2,1-2H3,(H,13,15)(H,14,16)/t7-,8-,9+,10+/m0/s1. The molecule has 0 saturated carbocycles. The van der Waals surface area contributed by atoms with Crippen LogP contribution in [0.15, 0.2) is 0 Å². The van der Waals surface area contributed by atoms with Crippen LogP contribution in [0.3, 0.4) is 0 Å². The molecule has 2 saturated heterocycles. The Balaban J connectivity index is 2.02. The Morgan fingerprint density at radius 2 is 1.30 bits per heavy atom. The Morgan fingerprint density at radius 1 is 0.900 bits per heavy atom. The lowest BCUT2D eigenvalue weighted by Crippen LogP contribution is -2.46. The predicted octanol–water partition coefficient (Wildman–Crippen LogP) is 1.45. The Kier molecular flexibility index (Phi) is 5.71. The van der Waals surface area contributed by atoms with Gasteiger partial charge < -0.3 is 20.1 Å². The first-order valence-electron chi connectivity index (χ1n) is 6.58. The van der Waals surface area contributed by atoms with Gasteiger partial charge >= 0.3 is 12.2 Å². The van der Waals surface area contributed by atoms with Crippen LogP contribution in [-0.2, 0) is 9.47 Å². The van der Waals surface area contributed by atoms with Crippen molar-refractivity contribution in [2.75, 3.05) is 24.0 Å². The quantitative estimate of drug-likeness (QED) is 0.739. The second kappa shape index (κ2) is 7.31. The van der Waals surface area contributed by atoms with Gasteiger partial charge in [0.15, 0.2) is 12.2 Å². The lowest BCUT2D eigenvalue weighted by atomic mass is 9.97. The molecule has 8 heteroatoms. The third-order valence-electron chi connectivity index (χ3n) is 3.48. The van der Waals surface area contributed by atoms with Crippen LogP contribution >= 0.6 is 23.5 Å². The van der Waals surface area contributed by atoms with E-state index in [0.717, 1.165) is 24.3 Å². The van der Waals surface area contributed by atoms with E-state index >= 15 is 0 Å². The van der Waals surface area contributed by atoms with Gasteiger partial charge in [0, 0.05) is 0 Å². The summed E-state index contributed by atoms with van der Waals surface area (Å²) < 4.78 is 10.7. The molecule has 0 aliphatic carbocycles. The summed E-state index contributed by atoms with van der Waals surface area (Å²) >= 11 is 3.43. The molecule has 0 unspecified atom stereocenters. The second-order valence-electron chi connectivity index (χ2n) is 4.80. The highest BCUT2D eigenvalue weighted by Gasteiger charge is 2.48. The number of rotatable bonds is 7. The van der Waals surface area contributed by atoms with Gasteiger partial charge in [0.05, 0.1) is 12.1 Å². The number of thioether (sulfide) groups is 2. The number of carbonyl (C=O) groups is 2. The van der Waals surface area contributed by atoms with Gasteiger partial charge in [-0.15, -0.1) is 0 Å². The Labute approximate surface area is 127 Å². The van der Waals surface area contributed by atoms with E-state index in [4.69, 9.17) is 9.47 Å². The highest BCUT2D eigenvalue weighted by atomic mass is 32.2. The van der Waals surface area contributed by atoms with E-state index < -0.39 is 24.4 Å². The molecule has 0 aromatic rings. The lowest BCUT2D eigenvalue weighted by Gasteiger charge is -2.25. The maximum atomic E-state index is 11.5. The number of cyclic esters (lactones) is 2. The highest BCUT2D eigenvalue weighted by Crippen LogP contribution is 2.26. The second-order valence-corrected chi connectivity index (χ2v) is 6.78. The molecule has 2 N–H and O–H groups in total. The minimum atomic E-state index is -0.423. The van der Waals surface area contributed by atoms with Crippen LogP contribution in [0.1, 0.15) is 12.8 Å². The van der Waals surface area contributed by atoms with E-state index in [1.807, 2.05) is 12.5 Å². The molecule has 114 valence electrons. The van der Waals surface area contributed by atoms with E-state index in [0.29, 0.717) is 0 Å². The van der Waals surface area contributed by atoms with Crippen LogP contribution in [0.4, 0.5) is 9.59 Å². The van der Waals surface area contributed by atoms with Crippen LogP contribution in [-0.4, -0.2) is 60.5 Å².